The maximum absolute atomic E-state index is 11.8. The first-order chi connectivity index (χ1) is 16.1. The number of carbonyl (C=O) groups is 3. The molecule has 4 rings (SSSR count). The minimum absolute atomic E-state index is 0.245. The molecule has 2 aromatic carbocycles. The summed E-state index contributed by atoms with van der Waals surface area (Å²) in [5, 5.41) is 1.62. The van der Waals surface area contributed by atoms with Gasteiger partial charge in [0.1, 0.15) is 23.9 Å². The number of ether oxygens (including phenoxy) is 3. The highest BCUT2D eigenvalue weighted by Crippen LogP contribution is 2.43. The normalized spacial score (nSPS) is 21.0. The summed E-state index contributed by atoms with van der Waals surface area (Å²) < 4.78 is 17.9. The molecule has 2 aromatic rings. The first kappa shape index (κ1) is 23.9. The summed E-state index contributed by atoms with van der Waals surface area (Å²) >= 11 is 1.02. The van der Waals surface area contributed by atoms with Crippen molar-refractivity contribution in [3.8, 4) is 17.2 Å². The number of hydrogen-bond acceptors (Lipinski definition) is 7. The highest BCUT2D eigenvalue weighted by molar-refractivity contribution is 8.15. The lowest BCUT2D eigenvalue weighted by Gasteiger charge is -2.34. The number of carbonyl (C=O) groups excluding carboxylic acids is 3. The minimum Gasteiger partial charge on any atom is -0.489 e. The molecule has 2 aliphatic rings. The first-order valence-corrected chi connectivity index (χ1v) is 11.9. The lowest BCUT2D eigenvalue weighted by Crippen LogP contribution is -2.39. The van der Waals surface area contributed by atoms with Gasteiger partial charge in [-0.2, -0.15) is 0 Å². The Bertz CT molecular complexity index is 1200. The molecule has 0 radical (unpaired) electrons. The van der Waals surface area contributed by atoms with Crippen molar-refractivity contribution in [3.63, 3.8) is 0 Å². The summed E-state index contributed by atoms with van der Waals surface area (Å²) in [4.78, 5) is 34.6. The Hall–Kier alpha value is -3.26. The van der Waals surface area contributed by atoms with Crippen LogP contribution < -0.4 is 19.5 Å². The van der Waals surface area contributed by atoms with Gasteiger partial charge in [0.15, 0.2) is 5.60 Å². The van der Waals surface area contributed by atoms with Gasteiger partial charge in [-0.1, -0.05) is 30.0 Å². The van der Waals surface area contributed by atoms with Crippen LogP contribution in [0.1, 0.15) is 41.7 Å². The van der Waals surface area contributed by atoms with Crippen LogP contribution in [-0.4, -0.2) is 34.6 Å². The molecular weight excluding hydrogens is 454 g/mol. The van der Waals surface area contributed by atoms with Crippen LogP contribution >= 0.6 is 11.8 Å². The molecule has 2 atom stereocenters. The average molecular weight is 482 g/mol. The Balaban J connectivity index is 1.44. The van der Waals surface area contributed by atoms with Crippen molar-refractivity contribution in [2.75, 3.05) is 6.61 Å². The van der Waals surface area contributed by atoms with Crippen LogP contribution in [0.3, 0.4) is 0 Å². The van der Waals surface area contributed by atoms with Gasteiger partial charge in [-0.15, -0.1) is 0 Å². The second-order valence-electron chi connectivity index (χ2n) is 8.81. The van der Waals surface area contributed by atoms with Crippen LogP contribution in [0.4, 0.5) is 4.79 Å². The molecule has 0 aliphatic carbocycles. The third-order valence-corrected chi connectivity index (χ3v) is 7.03. The van der Waals surface area contributed by atoms with E-state index in [1.54, 1.807) is 0 Å². The summed E-state index contributed by atoms with van der Waals surface area (Å²) in [6.45, 7) is 9.43. The summed E-state index contributed by atoms with van der Waals surface area (Å²) in [5.41, 5.74) is 3.82. The van der Waals surface area contributed by atoms with Crippen LogP contribution in [0.5, 0.6) is 17.2 Å². The molecule has 1 fully saturated rings. The predicted octanol–water partition coefficient (Wildman–Crippen LogP) is 4.67. The molecule has 7 nitrogen and oxygen atoms in total. The molecular formula is C26H27NO6S. The summed E-state index contributed by atoms with van der Waals surface area (Å²) in [6.07, 6.45) is 4.43. The molecule has 2 aliphatic heterocycles. The van der Waals surface area contributed by atoms with Gasteiger partial charge >= 0.3 is 5.97 Å². The fraction of sp³-hybridized carbons (Fsp3) is 0.346. The Morgan fingerprint density at radius 1 is 1.12 bits per heavy atom. The van der Waals surface area contributed by atoms with Crippen molar-refractivity contribution in [3.05, 3.63) is 58.2 Å². The third-order valence-electron chi connectivity index (χ3n) is 6.05. The lowest BCUT2D eigenvalue weighted by atomic mass is 9.92. The topological polar surface area (TPSA) is 90.9 Å². The Kier molecular flexibility index (Phi) is 6.45. The Morgan fingerprint density at radius 3 is 2.44 bits per heavy atom. The maximum Gasteiger partial charge on any atom is 0.308 e. The van der Waals surface area contributed by atoms with E-state index in [9.17, 15) is 14.4 Å². The number of thioether (sulfide) groups is 1. The maximum atomic E-state index is 11.8. The zero-order valence-electron chi connectivity index (χ0n) is 19.8. The second kappa shape index (κ2) is 9.18. The summed E-state index contributed by atoms with van der Waals surface area (Å²) in [6, 6.07) is 7.50. The quantitative estimate of drug-likeness (QED) is 0.473. The highest BCUT2D eigenvalue weighted by Gasteiger charge is 2.33. The van der Waals surface area contributed by atoms with Crippen molar-refractivity contribution in [1.82, 2.24) is 5.32 Å². The number of benzene rings is 2. The number of amides is 2. The van der Waals surface area contributed by atoms with Crippen LogP contribution in [0.2, 0.25) is 0 Å². The van der Waals surface area contributed by atoms with E-state index in [4.69, 9.17) is 14.2 Å². The van der Waals surface area contributed by atoms with Crippen LogP contribution in [0.25, 0.3) is 6.08 Å². The van der Waals surface area contributed by atoms with Gasteiger partial charge in [0.05, 0.1) is 5.25 Å². The van der Waals surface area contributed by atoms with E-state index in [1.165, 1.54) is 6.92 Å². The Labute approximate surface area is 202 Å². The number of rotatable bonds is 6. The smallest absolute Gasteiger partial charge is 0.308 e. The molecule has 8 heteroatoms. The number of hydrogen-bond donors (Lipinski definition) is 1. The first-order valence-electron chi connectivity index (χ1n) is 11.0. The van der Waals surface area contributed by atoms with Crippen LogP contribution in [-0.2, 0) is 16.0 Å². The van der Waals surface area contributed by atoms with E-state index in [2.05, 4.69) is 5.32 Å². The molecule has 0 bridgehead atoms. The number of imide groups is 1. The van der Waals surface area contributed by atoms with E-state index in [0.29, 0.717) is 24.5 Å². The van der Waals surface area contributed by atoms with Gasteiger partial charge in [-0.05, 0) is 69.0 Å². The van der Waals surface area contributed by atoms with E-state index >= 15 is 0 Å². The summed E-state index contributed by atoms with van der Waals surface area (Å²) in [7, 11) is 0. The molecule has 2 heterocycles. The third kappa shape index (κ3) is 4.82. The van der Waals surface area contributed by atoms with Crippen molar-refractivity contribution < 1.29 is 28.6 Å². The van der Waals surface area contributed by atoms with Crippen LogP contribution in [0.15, 0.2) is 30.3 Å². The van der Waals surface area contributed by atoms with Gasteiger partial charge in [0.2, 0.25) is 5.91 Å². The zero-order chi connectivity index (χ0) is 24.6. The van der Waals surface area contributed by atoms with Gasteiger partial charge in [0.25, 0.3) is 5.24 Å². The van der Waals surface area contributed by atoms with Crippen molar-refractivity contribution in [2.45, 2.75) is 51.9 Å². The SMILES string of the molecule is CC(=O)Oc1c(C)c(C)c2c(c1C)C=CC(C)(COc1ccc(CC3SC(=O)NC3=O)cc1)O2. The standard InChI is InChI=1S/C26H27NO6S/c1-14-15(2)23-20(16(3)22(14)32-17(4)28)10-11-26(5,33-23)13-31-19-8-6-18(7-9-19)12-21-24(29)27-25(30)34-21/h6-11,21H,12-13H2,1-5H3,(H,27,29,30). The van der Waals surface area contributed by atoms with Crippen LogP contribution in [0, 0.1) is 20.8 Å². The fourth-order valence-corrected chi connectivity index (χ4v) is 4.90. The summed E-state index contributed by atoms with van der Waals surface area (Å²) in [5.74, 6) is 1.42. The van der Waals surface area contributed by atoms with Gasteiger partial charge in [-0.3, -0.25) is 19.7 Å². The van der Waals surface area contributed by atoms with E-state index < -0.39 is 10.9 Å². The molecule has 0 saturated carbocycles. The Morgan fingerprint density at radius 2 is 1.82 bits per heavy atom. The second-order valence-corrected chi connectivity index (χ2v) is 9.98. The molecule has 178 valence electrons. The van der Waals surface area contributed by atoms with Crippen molar-refractivity contribution >= 4 is 35.0 Å². The molecule has 0 aromatic heterocycles. The van der Waals surface area contributed by atoms with Gasteiger partial charge in [-0.25, -0.2) is 0 Å². The van der Waals surface area contributed by atoms with Crippen molar-refractivity contribution in [1.29, 1.82) is 0 Å². The zero-order valence-corrected chi connectivity index (χ0v) is 20.6. The molecule has 2 unspecified atom stereocenters. The molecule has 1 N–H and O–H groups in total. The highest BCUT2D eigenvalue weighted by atomic mass is 32.2. The lowest BCUT2D eigenvalue weighted by molar-refractivity contribution is -0.132. The number of esters is 1. The average Bonchev–Trinajstić information content (AvgIpc) is 3.11. The molecule has 0 spiro atoms. The number of fused-ring (bicyclic) bond motifs is 1. The molecule has 1 saturated heterocycles. The molecule has 34 heavy (non-hydrogen) atoms. The fourth-order valence-electron chi connectivity index (χ4n) is 4.04. The monoisotopic (exact) mass is 481 g/mol. The van der Waals surface area contributed by atoms with E-state index in [0.717, 1.165) is 45.3 Å². The largest absolute Gasteiger partial charge is 0.489 e. The van der Waals surface area contributed by atoms with E-state index in [1.807, 2.05) is 64.1 Å². The van der Waals surface area contributed by atoms with E-state index in [-0.39, 0.29) is 17.1 Å². The predicted molar refractivity (Wildman–Crippen MR) is 131 cm³/mol. The van der Waals surface area contributed by atoms with Gasteiger partial charge < -0.3 is 14.2 Å². The number of nitrogens with one attached hydrogen (secondary N) is 1. The molecule has 2 amide bonds. The minimum atomic E-state index is -0.683. The van der Waals surface area contributed by atoms with Gasteiger partial charge in [0, 0.05) is 18.1 Å². The van der Waals surface area contributed by atoms with Crippen molar-refractivity contribution in [2.24, 2.45) is 0 Å².